The minimum atomic E-state index is -3.83. The van der Waals surface area contributed by atoms with Gasteiger partial charge in [-0.05, 0) is 48.0 Å². The average Bonchev–Trinajstić information content (AvgIpc) is 3.07. The van der Waals surface area contributed by atoms with Crippen molar-refractivity contribution < 1.29 is 22.3 Å². The van der Waals surface area contributed by atoms with Crippen LogP contribution in [0.4, 0.5) is 18.9 Å². The third kappa shape index (κ3) is 4.46. The minimum Gasteiger partial charge on any atom is -0.333 e. The molecule has 1 aromatic heterocycles. The van der Waals surface area contributed by atoms with E-state index in [0.717, 1.165) is 6.07 Å². The van der Waals surface area contributed by atoms with E-state index < -0.39 is 24.4 Å². The summed E-state index contributed by atoms with van der Waals surface area (Å²) < 4.78 is 57.7. The number of aromatic nitrogens is 2. The molecule has 1 atom stereocenters. The summed E-state index contributed by atoms with van der Waals surface area (Å²) in [4.78, 5) is 3.44. The number of rotatable bonds is 5. The lowest BCUT2D eigenvalue weighted by Gasteiger charge is -2.17. The van der Waals surface area contributed by atoms with Crippen LogP contribution in [0, 0.1) is 5.82 Å². The van der Waals surface area contributed by atoms with Gasteiger partial charge in [0.1, 0.15) is 5.82 Å². The molecule has 11 heteroatoms. The van der Waals surface area contributed by atoms with E-state index in [4.69, 9.17) is 23.2 Å². The Morgan fingerprint density at radius 2 is 1.85 bits per heavy atom. The maximum absolute atomic E-state index is 14.5. The van der Waals surface area contributed by atoms with Crippen molar-refractivity contribution in [2.45, 2.75) is 5.38 Å². The Labute approximate surface area is 161 Å². The maximum atomic E-state index is 14.5. The molecule has 0 aliphatic rings. The summed E-state index contributed by atoms with van der Waals surface area (Å²) in [5.74, 6) is -2.19. The lowest BCUT2D eigenvalue weighted by Crippen LogP contribution is -2.15. The van der Waals surface area contributed by atoms with Crippen LogP contribution in [-0.2, 0) is 9.95 Å². The van der Waals surface area contributed by atoms with Crippen LogP contribution in [-0.4, -0.2) is 16.8 Å². The predicted octanol–water partition coefficient (Wildman–Crippen LogP) is 5.46. The van der Waals surface area contributed by atoms with Gasteiger partial charge in [0.05, 0.1) is 5.30 Å². The van der Waals surface area contributed by atoms with E-state index in [0.29, 0.717) is 10.7 Å². The van der Waals surface area contributed by atoms with Crippen LogP contribution < -0.4 is 10.4 Å². The summed E-state index contributed by atoms with van der Waals surface area (Å²) in [6.45, 7) is 1.36. The van der Waals surface area contributed by atoms with Gasteiger partial charge in [0, 0.05) is 22.9 Å². The summed E-state index contributed by atoms with van der Waals surface area (Å²) in [5, 5.41) is 2.72. The minimum absolute atomic E-state index is 0.0682. The van der Waals surface area contributed by atoms with Gasteiger partial charge in [-0.15, -0.1) is 0 Å². The van der Waals surface area contributed by atoms with Crippen LogP contribution in [0.3, 0.4) is 0 Å². The van der Waals surface area contributed by atoms with Crippen molar-refractivity contribution in [2.75, 3.05) is 11.8 Å². The SMILES string of the molecule is CP(=O)(Nc1ccc(Cl)cc1)c1ccc(-c2noc(C(F)(F)Cl)n2)cc1F. The van der Waals surface area contributed by atoms with Gasteiger partial charge in [-0.2, -0.15) is 13.8 Å². The fourth-order valence-electron chi connectivity index (χ4n) is 2.28. The zero-order valence-corrected chi connectivity index (χ0v) is 16.0. The summed E-state index contributed by atoms with van der Waals surface area (Å²) in [7, 11) is -3.33. The third-order valence-corrected chi connectivity index (χ3v) is 5.90. The molecule has 0 saturated carbocycles. The number of benzene rings is 2. The zero-order chi connectivity index (χ0) is 19.8. The molecule has 0 aliphatic carbocycles. The fraction of sp³-hybridized carbons (Fsp3) is 0.125. The summed E-state index contributed by atoms with van der Waals surface area (Å²) in [6, 6.07) is 10.0. The first kappa shape index (κ1) is 19.7. The quantitative estimate of drug-likeness (QED) is 0.425. The van der Waals surface area contributed by atoms with Gasteiger partial charge in [-0.1, -0.05) is 22.8 Å². The molecule has 0 spiro atoms. The largest absolute Gasteiger partial charge is 0.400 e. The summed E-state index contributed by atoms with van der Waals surface area (Å²) in [5.41, 5.74) is 0.569. The van der Waals surface area contributed by atoms with Crippen LogP contribution in [0.2, 0.25) is 5.02 Å². The summed E-state index contributed by atoms with van der Waals surface area (Å²) >= 11 is 10.6. The van der Waals surface area contributed by atoms with E-state index in [-0.39, 0.29) is 16.7 Å². The molecule has 3 rings (SSSR count). The highest BCUT2D eigenvalue weighted by molar-refractivity contribution is 7.72. The van der Waals surface area contributed by atoms with Crippen molar-refractivity contribution in [3.05, 3.63) is 59.2 Å². The number of alkyl halides is 3. The molecule has 1 N–H and O–H groups in total. The molecule has 5 nitrogen and oxygen atoms in total. The van der Waals surface area contributed by atoms with Crippen LogP contribution in [0.5, 0.6) is 0 Å². The number of nitrogens with zero attached hydrogens (tertiary/aromatic N) is 2. The predicted molar refractivity (Wildman–Crippen MR) is 97.7 cm³/mol. The normalized spacial score (nSPS) is 14.0. The van der Waals surface area contributed by atoms with Crippen molar-refractivity contribution in [3.8, 4) is 11.4 Å². The average molecular weight is 436 g/mol. The van der Waals surface area contributed by atoms with E-state index in [1.807, 2.05) is 0 Å². The van der Waals surface area contributed by atoms with Gasteiger partial charge in [0.2, 0.25) is 5.82 Å². The molecule has 1 unspecified atom stereocenters. The van der Waals surface area contributed by atoms with Gasteiger partial charge in [-0.25, -0.2) is 4.39 Å². The Morgan fingerprint density at radius 3 is 2.41 bits per heavy atom. The molecule has 0 aliphatic heterocycles. The highest BCUT2D eigenvalue weighted by atomic mass is 35.5. The van der Waals surface area contributed by atoms with Crippen molar-refractivity contribution in [1.29, 1.82) is 0 Å². The Kier molecular flexibility index (Phi) is 5.25. The first-order chi connectivity index (χ1) is 12.6. The molecule has 27 heavy (non-hydrogen) atoms. The standard InChI is InChI=1S/C16H11Cl2F3N3O2P/c1-27(25,24-11-5-3-10(17)4-6-11)13-7-2-9(8-12(13)19)14-22-15(26-23-14)16(18,20)21/h2-8H,1H3,(H,24,25). The third-order valence-electron chi connectivity index (χ3n) is 3.52. The second kappa shape index (κ2) is 7.19. The molecule has 142 valence electrons. The van der Waals surface area contributed by atoms with Gasteiger partial charge >= 0.3 is 11.3 Å². The van der Waals surface area contributed by atoms with Crippen molar-refractivity contribution in [3.63, 3.8) is 0 Å². The van der Waals surface area contributed by atoms with Crippen LogP contribution in [0.15, 0.2) is 47.0 Å². The second-order valence-electron chi connectivity index (χ2n) is 5.63. The van der Waals surface area contributed by atoms with Gasteiger partial charge in [0.15, 0.2) is 7.29 Å². The number of hydrogen-bond donors (Lipinski definition) is 1. The van der Waals surface area contributed by atoms with Crippen LogP contribution >= 0.6 is 30.5 Å². The lowest BCUT2D eigenvalue weighted by atomic mass is 10.2. The lowest BCUT2D eigenvalue weighted by molar-refractivity contribution is 0.0551. The molecular weight excluding hydrogens is 425 g/mol. The van der Waals surface area contributed by atoms with Crippen LogP contribution in [0.25, 0.3) is 11.4 Å². The first-order valence-electron chi connectivity index (χ1n) is 7.39. The molecule has 0 radical (unpaired) electrons. The number of hydrogen-bond acceptors (Lipinski definition) is 4. The van der Waals surface area contributed by atoms with Crippen molar-refractivity contribution >= 4 is 41.5 Å². The summed E-state index contributed by atoms with van der Waals surface area (Å²) in [6.07, 6.45) is 0. The van der Waals surface area contributed by atoms with Crippen molar-refractivity contribution in [2.24, 2.45) is 0 Å². The van der Waals surface area contributed by atoms with E-state index >= 15 is 0 Å². The topological polar surface area (TPSA) is 68.0 Å². The van der Waals surface area contributed by atoms with Gasteiger partial charge < -0.3 is 9.61 Å². The highest BCUT2D eigenvalue weighted by Crippen LogP contribution is 2.41. The molecule has 3 aromatic rings. The first-order valence-corrected chi connectivity index (χ1v) is 10.3. The maximum Gasteiger partial charge on any atom is 0.400 e. The Morgan fingerprint density at radius 1 is 1.19 bits per heavy atom. The van der Waals surface area contributed by atoms with E-state index in [9.17, 15) is 17.7 Å². The molecular formula is C16H11Cl2F3N3O2P. The van der Waals surface area contributed by atoms with E-state index in [1.165, 1.54) is 18.8 Å². The molecule has 1 heterocycles. The molecule has 2 aromatic carbocycles. The Hall–Kier alpha value is -2.02. The fourth-order valence-corrected chi connectivity index (χ4v) is 4.08. The molecule has 0 bridgehead atoms. The monoisotopic (exact) mass is 435 g/mol. The number of halogens is 5. The van der Waals surface area contributed by atoms with E-state index in [1.54, 1.807) is 24.3 Å². The van der Waals surface area contributed by atoms with Gasteiger partial charge in [0.25, 0.3) is 0 Å². The van der Waals surface area contributed by atoms with Crippen LogP contribution in [0.1, 0.15) is 5.89 Å². The number of anilines is 1. The molecule has 0 saturated heterocycles. The van der Waals surface area contributed by atoms with Gasteiger partial charge in [-0.3, -0.25) is 4.57 Å². The molecule has 0 amide bonds. The second-order valence-corrected chi connectivity index (χ2v) is 9.09. The Balaban J connectivity index is 1.88. The van der Waals surface area contributed by atoms with E-state index in [2.05, 4.69) is 19.8 Å². The van der Waals surface area contributed by atoms with Crippen molar-refractivity contribution in [1.82, 2.24) is 10.1 Å². The smallest absolute Gasteiger partial charge is 0.333 e. The number of nitrogens with one attached hydrogen (secondary N) is 1. The molecule has 0 fully saturated rings. The Bertz CT molecular complexity index is 1020. The zero-order valence-electron chi connectivity index (χ0n) is 13.6. The highest BCUT2D eigenvalue weighted by Gasteiger charge is 2.36.